The predicted molar refractivity (Wildman–Crippen MR) is 103 cm³/mol. The molecule has 27 heavy (non-hydrogen) atoms. The summed E-state index contributed by atoms with van der Waals surface area (Å²) in [6.07, 6.45) is 3.84. The lowest BCUT2D eigenvalue weighted by molar-refractivity contribution is -0.0181. The number of benzene rings is 1. The summed E-state index contributed by atoms with van der Waals surface area (Å²) >= 11 is 0. The van der Waals surface area contributed by atoms with E-state index in [1.807, 2.05) is 24.3 Å². The summed E-state index contributed by atoms with van der Waals surface area (Å²) in [4.78, 5) is 0. The lowest BCUT2D eigenvalue weighted by Crippen LogP contribution is -2.20. The summed E-state index contributed by atoms with van der Waals surface area (Å²) in [7, 11) is 1.31. The van der Waals surface area contributed by atoms with Crippen molar-refractivity contribution in [2.75, 3.05) is 20.3 Å². The molecule has 1 aliphatic heterocycles. The van der Waals surface area contributed by atoms with E-state index in [1.165, 1.54) is 20.5 Å². The van der Waals surface area contributed by atoms with Crippen LogP contribution in [0, 0.1) is 5.92 Å². The Balaban J connectivity index is 1.98. The third-order valence-corrected chi connectivity index (χ3v) is 5.16. The summed E-state index contributed by atoms with van der Waals surface area (Å²) < 4.78 is 44.5. The molecule has 1 aromatic carbocycles. The van der Waals surface area contributed by atoms with E-state index in [1.54, 1.807) is 6.92 Å². The van der Waals surface area contributed by atoms with Gasteiger partial charge < -0.3 is 14.2 Å². The largest absolute Gasteiger partial charge is 0.498 e. The maximum absolute atomic E-state index is 14.2. The third kappa shape index (κ3) is 5.80. The number of hydrogen-bond donors (Lipinski definition) is 0. The van der Waals surface area contributed by atoms with E-state index in [0.29, 0.717) is 18.1 Å². The van der Waals surface area contributed by atoms with E-state index in [9.17, 15) is 8.78 Å². The molecule has 0 aromatic heterocycles. The van der Waals surface area contributed by atoms with Gasteiger partial charge >= 0.3 is 0 Å². The maximum Gasteiger partial charge on any atom is 0.196 e. The fraction of sp³-hybridized carbons (Fsp3) is 0.545. The van der Waals surface area contributed by atoms with Crippen molar-refractivity contribution in [3.8, 4) is 5.75 Å². The van der Waals surface area contributed by atoms with Gasteiger partial charge in [0.15, 0.2) is 11.7 Å². The normalized spacial score (nSPS) is 22.0. The molecule has 1 saturated heterocycles. The molecule has 0 amide bonds. The monoisotopic (exact) mass is 380 g/mol. The van der Waals surface area contributed by atoms with Crippen LogP contribution in [0.15, 0.2) is 47.3 Å². The Kier molecular flexibility index (Phi) is 8.29. The van der Waals surface area contributed by atoms with Gasteiger partial charge in [0.1, 0.15) is 18.1 Å². The smallest absolute Gasteiger partial charge is 0.196 e. The van der Waals surface area contributed by atoms with Crippen molar-refractivity contribution in [2.24, 2.45) is 5.92 Å². The second-order valence-electron chi connectivity index (χ2n) is 6.88. The van der Waals surface area contributed by atoms with E-state index >= 15 is 0 Å². The number of halogens is 2. The first-order valence-corrected chi connectivity index (χ1v) is 9.62. The highest BCUT2D eigenvalue weighted by atomic mass is 19.2. The molecule has 2 rings (SSSR count). The Bertz CT molecular complexity index is 657. The number of rotatable bonds is 8. The van der Waals surface area contributed by atoms with Gasteiger partial charge in [0, 0.05) is 5.57 Å². The van der Waals surface area contributed by atoms with Crippen molar-refractivity contribution in [1.82, 2.24) is 0 Å². The molecule has 150 valence electrons. The molecule has 1 heterocycles. The predicted octanol–water partition coefficient (Wildman–Crippen LogP) is 6.42. The zero-order chi connectivity index (χ0) is 19.8. The van der Waals surface area contributed by atoms with Gasteiger partial charge in [0.25, 0.3) is 0 Å². The number of allylic oxidation sites excluding steroid dienone is 3. The first-order chi connectivity index (χ1) is 13.0. The summed E-state index contributed by atoms with van der Waals surface area (Å²) in [6.45, 7) is 6.15. The van der Waals surface area contributed by atoms with Gasteiger partial charge in [0.05, 0.1) is 19.8 Å². The molecule has 3 nitrogen and oxygen atoms in total. The summed E-state index contributed by atoms with van der Waals surface area (Å²) in [6, 6.07) is 7.66. The van der Waals surface area contributed by atoms with Gasteiger partial charge in [-0.25, -0.2) is 8.78 Å². The first kappa shape index (κ1) is 21.4. The zero-order valence-electron chi connectivity index (χ0n) is 16.7. The number of methoxy groups -OCH3 is 1. The highest BCUT2D eigenvalue weighted by Gasteiger charge is 2.21. The van der Waals surface area contributed by atoms with Crippen LogP contribution in [0.2, 0.25) is 0 Å². The van der Waals surface area contributed by atoms with E-state index < -0.39 is 11.7 Å². The van der Waals surface area contributed by atoms with E-state index in [4.69, 9.17) is 14.2 Å². The molecule has 0 bridgehead atoms. The van der Waals surface area contributed by atoms with Crippen LogP contribution >= 0.6 is 0 Å². The van der Waals surface area contributed by atoms with Crippen LogP contribution in [0.5, 0.6) is 5.75 Å². The lowest BCUT2D eigenvalue weighted by atomic mass is 9.93. The van der Waals surface area contributed by atoms with Crippen LogP contribution in [0.25, 0.3) is 0 Å². The SMILES string of the molecule is CC/C(COc1ccc(C2CCC(CC)CO2)cc1)=C(F)\C(F)=C(/C)OC. The summed E-state index contributed by atoms with van der Waals surface area (Å²) in [5, 5.41) is 0. The van der Waals surface area contributed by atoms with Gasteiger partial charge in [0.2, 0.25) is 0 Å². The second-order valence-corrected chi connectivity index (χ2v) is 6.88. The molecule has 2 unspecified atom stereocenters. The Labute approximate surface area is 161 Å². The lowest BCUT2D eigenvalue weighted by Gasteiger charge is -2.28. The number of ether oxygens (including phenoxy) is 3. The topological polar surface area (TPSA) is 27.7 Å². The van der Waals surface area contributed by atoms with Gasteiger partial charge in [-0.15, -0.1) is 0 Å². The molecule has 1 aliphatic rings. The van der Waals surface area contributed by atoms with Crippen molar-refractivity contribution in [1.29, 1.82) is 0 Å². The van der Waals surface area contributed by atoms with Crippen molar-refractivity contribution < 1.29 is 23.0 Å². The molecular formula is C22H30F2O3. The second kappa shape index (κ2) is 10.5. The van der Waals surface area contributed by atoms with Gasteiger partial charge in [-0.1, -0.05) is 32.4 Å². The Morgan fingerprint density at radius 3 is 2.33 bits per heavy atom. The molecule has 0 saturated carbocycles. The van der Waals surface area contributed by atoms with Gasteiger partial charge in [-0.05, 0) is 49.8 Å². The van der Waals surface area contributed by atoms with Gasteiger partial charge in [-0.2, -0.15) is 0 Å². The highest BCUT2D eigenvalue weighted by molar-refractivity contribution is 5.31. The molecule has 5 heteroatoms. The Morgan fingerprint density at radius 2 is 1.81 bits per heavy atom. The zero-order valence-corrected chi connectivity index (χ0v) is 16.7. The fourth-order valence-corrected chi connectivity index (χ4v) is 3.06. The van der Waals surface area contributed by atoms with E-state index in [-0.39, 0.29) is 24.0 Å². The minimum atomic E-state index is -0.979. The Morgan fingerprint density at radius 1 is 1.11 bits per heavy atom. The van der Waals surface area contributed by atoms with E-state index in [0.717, 1.165) is 25.0 Å². The van der Waals surface area contributed by atoms with Crippen LogP contribution in [0.1, 0.15) is 58.1 Å². The molecular weight excluding hydrogens is 350 g/mol. The molecule has 0 radical (unpaired) electrons. The molecule has 0 spiro atoms. The average molecular weight is 380 g/mol. The maximum atomic E-state index is 14.2. The minimum absolute atomic E-state index is 0.00972. The number of hydrogen-bond acceptors (Lipinski definition) is 3. The highest BCUT2D eigenvalue weighted by Crippen LogP contribution is 2.32. The summed E-state index contributed by atoms with van der Waals surface area (Å²) in [5.74, 6) is -0.690. The molecule has 0 N–H and O–H groups in total. The molecule has 1 fully saturated rings. The quantitative estimate of drug-likeness (QED) is 0.384. The van der Waals surface area contributed by atoms with Crippen molar-refractivity contribution in [3.05, 3.63) is 52.8 Å². The average Bonchev–Trinajstić information content (AvgIpc) is 2.73. The molecule has 0 aliphatic carbocycles. The molecule has 1 aromatic rings. The standard InChI is InChI=1S/C22H30F2O3/c1-5-16-7-12-20(27-13-16)18-8-10-19(11-9-18)26-14-17(6-2)22(24)21(23)15(3)25-4/h8-11,16,20H,5-7,12-14H2,1-4H3/b21-15-,22-17-. The van der Waals surface area contributed by atoms with Crippen LogP contribution < -0.4 is 4.74 Å². The molecule has 2 atom stereocenters. The van der Waals surface area contributed by atoms with Crippen LogP contribution in [0.4, 0.5) is 8.78 Å². The first-order valence-electron chi connectivity index (χ1n) is 9.62. The van der Waals surface area contributed by atoms with Crippen LogP contribution in [0.3, 0.4) is 0 Å². The van der Waals surface area contributed by atoms with Crippen molar-refractivity contribution in [2.45, 2.75) is 52.6 Å². The fourth-order valence-electron chi connectivity index (χ4n) is 3.06. The van der Waals surface area contributed by atoms with E-state index in [2.05, 4.69) is 6.92 Å². The van der Waals surface area contributed by atoms with Crippen molar-refractivity contribution >= 4 is 0 Å². The van der Waals surface area contributed by atoms with Crippen molar-refractivity contribution in [3.63, 3.8) is 0 Å². The van der Waals surface area contributed by atoms with Crippen LogP contribution in [-0.2, 0) is 9.47 Å². The van der Waals surface area contributed by atoms with Crippen LogP contribution in [-0.4, -0.2) is 20.3 Å². The summed E-state index contributed by atoms with van der Waals surface area (Å²) in [5.41, 5.74) is 1.38. The third-order valence-electron chi connectivity index (χ3n) is 5.16. The minimum Gasteiger partial charge on any atom is -0.498 e. The van der Waals surface area contributed by atoms with Gasteiger partial charge in [-0.3, -0.25) is 0 Å². The Hall–Kier alpha value is -1.88.